The Kier molecular flexibility index (Phi) is 9.58. The van der Waals surface area contributed by atoms with Crippen molar-refractivity contribution in [2.45, 2.75) is 77.3 Å². The van der Waals surface area contributed by atoms with Crippen LogP contribution < -0.4 is 9.64 Å². The van der Waals surface area contributed by atoms with Crippen molar-refractivity contribution >= 4 is 17.4 Å². The third-order valence-corrected chi connectivity index (χ3v) is 9.25. The fourth-order valence-corrected chi connectivity index (χ4v) is 6.88. The Balaban J connectivity index is 1.57. The quantitative estimate of drug-likeness (QED) is 0.122. The highest BCUT2D eigenvalue weighted by Gasteiger charge is 2.39. The Morgan fingerprint density at radius 2 is 1.80 bits per heavy atom. The molecule has 264 valence electrons. The van der Waals surface area contributed by atoms with Crippen LogP contribution in [0.2, 0.25) is 0 Å². The van der Waals surface area contributed by atoms with E-state index < -0.39 is 35.4 Å². The van der Waals surface area contributed by atoms with Crippen molar-refractivity contribution in [1.82, 2.24) is 14.6 Å². The standard InChI is InChI=1S/C39H44F2N4O5/c1-9-11-30-34-27(26-13-12-24(40)21-31(26)49-30)19-25(41)20-28(34)29-22-32-42-23(3)33(35(37(46)47-8)50-38(4,5)6)36(45(32)43-29)44-16-14-39(7,15-17-44)48-18-10-2/h9-10,12-13,19-22,30,35H,1-2,11,14-18H2,3-8H3/t30-,35+/m1/s1. The minimum atomic E-state index is -1.10. The van der Waals surface area contributed by atoms with Gasteiger partial charge in [0.05, 0.1) is 36.2 Å². The number of esters is 1. The van der Waals surface area contributed by atoms with Crippen molar-refractivity contribution in [2.24, 2.45) is 0 Å². The van der Waals surface area contributed by atoms with E-state index in [9.17, 15) is 9.18 Å². The molecule has 2 aliphatic heterocycles. The molecule has 6 rings (SSSR count). The number of halogens is 2. The summed E-state index contributed by atoms with van der Waals surface area (Å²) in [7, 11) is 1.33. The normalized spacial score (nSPS) is 17.4. The first-order valence-electron chi connectivity index (χ1n) is 16.8. The molecule has 2 aromatic carbocycles. The molecule has 2 atom stereocenters. The predicted molar refractivity (Wildman–Crippen MR) is 188 cm³/mol. The van der Waals surface area contributed by atoms with Gasteiger partial charge in [0.1, 0.15) is 29.3 Å². The molecule has 50 heavy (non-hydrogen) atoms. The summed E-state index contributed by atoms with van der Waals surface area (Å²) in [6.07, 6.45) is 3.60. The van der Waals surface area contributed by atoms with Gasteiger partial charge in [-0.05, 0) is 77.3 Å². The van der Waals surface area contributed by atoms with Crippen LogP contribution >= 0.6 is 0 Å². The topological polar surface area (TPSA) is 87.4 Å². The Morgan fingerprint density at radius 1 is 1.08 bits per heavy atom. The van der Waals surface area contributed by atoms with Gasteiger partial charge in [-0.3, -0.25) is 0 Å². The molecule has 1 saturated heterocycles. The SMILES string of the molecule is C=CCOC1(C)CCN(c2c([C@H](OC(C)(C)C)C(=O)OC)c(C)nc3cc(-c4cc(F)cc5c4[C@@H](CC=C)Oc4cc(F)ccc4-5)nn23)CC1. The molecule has 0 amide bonds. The summed E-state index contributed by atoms with van der Waals surface area (Å²) >= 11 is 0. The van der Waals surface area contributed by atoms with Gasteiger partial charge in [-0.1, -0.05) is 12.2 Å². The van der Waals surface area contributed by atoms with Crippen molar-refractivity contribution in [3.63, 3.8) is 0 Å². The van der Waals surface area contributed by atoms with E-state index in [4.69, 9.17) is 29.0 Å². The van der Waals surface area contributed by atoms with Gasteiger partial charge < -0.3 is 23.8 Å². The number of piperidine rings is 1. The van der Waals surface area contributed by atoms with E-state index in [1.165, 1.54) is 31.4 Å². The average Bonchev–Trinajstić information content (AvgIpc) is 3.48. The van der Waals surface area contributed by atoms with Crippen LogP contribution in [-0.4, -0.2) is 58.6 Å². The van der Waals surface area contributed by atoms with Gasteiger partial charge in [0, 0.05) is 54.0 Å². The summed E-state index contributed by atoms with van der Waals surface area (Å²) in [5, 5.41) is 5.08. The summed E-state index contributed by atoms with van der Waals surface area (Å²) in [5.74, 6) is -0.518. The highest BCUT2D eigenvalue weighted by atomic mass is 19.1. The van der Waals surface area contributed by atoms with Crippen molar-refractivity contribution in [2.75, 3.05) is 31.7 Å². The summed E-state index contributed by atoms with van der Waals surface area (Å²) in [4.78, 5) is 20.5. The number of nitrogens with zero attached hydrogens (tertiary/aromatic N) is 4. The predicted octanol–water partition coefficient (Wildman–Crippen LogP) is 8.25. The molecule has 2 aliphatic rings. The minimum absolute atomic E-state index is 0.335. The number of hydrogen-bond donors (Lipinski definition) is 0. The monoisotopic (exact) mass is 686 g/mol. The van der Waals surface area contributed by atoms with E-state index in [-0.39, 0.29) is 5.60 Å². The van der Waals surface area contributed by atoms with Crippen LogP contribution in [0.1, 0.15) is 76.0 Å². The first-order chi connectivity index (χ1) is 23.8. The Bertz CT molecular complexity index is 1960. The molecule has 11 heteroatoms. The van der Waals surface area contributed by atoms with E-state index in [2.05, 4.69) is 25.0 Å². The molecule has 0 N–H and O–H groups in total. The molecule has 1 fully saturated rings. The minimum Gasteiger partial charge on any atom is -0.485 e. The number of rotatable bonds is 10. The van der Waals surface area contributed by atoms with E-state index in [1.54, 1.807) is 28.8 Å². The second-order valence-corrected chi connectivity index (χ2v) is 14.1. The Labute approximate surface area is 291 Å². The molecular weight excluding hydrogens is 642 g/mol. The Hall–Kier alpha value is -4.61. The van der Waals surface area contributed by atoms with Crippen LogP contribution in [0.5, 0.6) is 5.75 Å². The number of ether oxygens (including phenoxy) is 4. The van der Waals surface area contributed by atoms with Crippen LogP contribution in [0.4, 0.5) is 14.6 Å². The van der Waals surface area contributed by atoms with E-state index in [0.29, 0.717) is 95.4 Å². The number of methoxy groups -OCH3 is 1. The second-order valence-electron chi connectivity index (χ2n) is 14.1. The molecule has 0 spiro atoms. The molecule has 2 aromatic heterocycles. The first-order valence-corrected chi connectivity index (χ1v) is 16.8. The molecule has 0 saturated carbocycles. The van der Waals surface area contributed by atoms with Crippen molar-refractivity contribution in [3.8, 4) is 28.1 Å². The summed E-state index contributed by atoms with van der Waals surface area (Å²) < 4.78 is 55.6. The number of fused-ring (bicyclic) bond motifs is 4. The number of anilines is 1. The van der Waals surface area contributed by atoms with Crippen molar-refractivity contribution in [3.05, 3.63) is 90.2 Å². The molecule has 0 aliphatic carbocycles. The zero-order valence-corrected chi connectivity index (χ0v) is 29.5. The van der Waals surface area contributed by atoms with Crippen molar-refractivity contribution in [1.29, 1.82) is 0 Å². The van der Waals surface area contributed by atoms with Gasteiger partial charge in [0.25, 0.3) is 0 Å². The zero-order valence-electron chi connectivity index (χ0n) is 29.5. The third kappa shape index (κ3) is 6.76. The first kappa shape index (κ1) is 35.2. The Morgan fingerprint density at radius 3 is 2.46 bits per heavy atom. The van der Waals surface area contributed by atoms with Crippen LogP contribution in [0.3, 0.4) is 0 Å². The maximum absolute atomic E-state index is 15.6. The average molecular weight is 687 g/mol. The van der Waals surface area contributed by atoms with Crippen LogP contribution in [-0.2, 0) is 19.0 Å². The highest BCUT2D eigenvalue weighted by molar-refractivity contribution is 5.84. The molecule has 9 nitrogen and oxygen atoms in total. The maximum Gasteiger partial charge on any atom is 0.339 e. The number of benzene rings is 2. The summed E-state index contributed by atoms with van der Waals surface area (Å²) in [5.41, 5.74) is 3.40. The maximum atomic E-state index is 15.6. The molecular formula is C39H44F2N4O5. The molecule has 4 aromatic rings. The molecule has 0 bridgehead atoms. The van der Waals surface area contributed by atoms with E-state index in [0.717, 1.165) is 0 Å². The fraction of sp³-hybridized carbons (Fsp3) is 0.410. The lowest BCUT2D eigenvalue weighted by molar-refractivity contribution is -0.164. The second kappa shape index (κ2) is 13.6. The van der Waals surface area contributed by atoms with E-state index >= 15 is 4.39 Å². The lowest BCUT2D eigenvalue weighted by Gasteiger charge is -2.41. The zero-order chi connectivity index (χ0) is 36.0. The van der Waals surface area contributed by atoms with Gasteiger partial charge in [-0.25, -0.2) is 18.6 Å². The highest BCUT2D eigenvalue weighted by Crippen LogP contribution is 2.48. The number of carbonyl (C=O) groups excluding carboxylic acids is 1. The van der Waals surface area contributed by atoms with Crippen LogP contribution in [0, 0.1) is 18.6 Å². The van der Waals surface area contributed by atoms with Gasteiger partial charge in [-0.2, -0.15) is 9.61 Å². The van der Waals surface area contributed by atoms with Crippen LogP contribution in [0.25, 0.3) is 28.0 Å². The van der Waals surface area contributed by atoms with Gasteiger partial charge in [0.15, 0.2) is 11.8 Å². The van der Waals surface area contributed by atoms with Crippen LogP contribution in [0.15, 0.2) is 61.7 Å². The third-order valence-electron chi connectivity index (χ3n) is 9.25. The smallest absolute Gasteiger partial charge is 0.339 e. The lowest BCUT2D eigenvalue weighted by atomic mass is 9.86. The number of aryl methyl sites for hydroxylation is 1. The summed E-state index contributed by atoms with van der Waals surface area (Å²) in [6.45, 7) is 18.9. The number of carbonyl (C=O) groups is 1. The molecule has 0 radical (unpaired) electrons. The lowest BCUT2D eigenvalue weighted by Crippen LogP contribution is -2.45. The molecule has 4 heterocycles. The fourth-order valence-electron chi connectivity index (χ4n) is 6.88. The van der Waals surface area contributed by atoms with Gasteiger partial charge >= 0.3 is 5.97 Å². The summed E-state index contributed by atoms with van der Waals surface area (Å²) in [6, 6.07) is 8.93. The van der Waals surface area contributed by atoms with E-state index in [1.807, 2.05) is 27.7 Å². The van der Waals surface area contributed by atoms with Gasteiger partial charge in [-0.15, -0.1) is 13.2 Å². The molecule has 0 unspecified atom stereocenters. The number of hydrogen-bond acceptors (Lipinski definition) is 8. The number of aromatic nitrogens is 3. The largest absolute Gasteiger partial charge is 0.485 e. The van der Waals surface area contributed by atoms with Crippen molar-refractivity contribution < 1.29 is 32.5 Å². The van der Waals surface area contributed by atoms with Gasteiger partial charge in [0.2, 0.25) is 0 Å².